The average Bonchev–Trinajstić information content (AvgIpc) is 2.38. The van der Waals surface area contributed by atoms with Crippen molar-refractivity contribution < 1.29 is 14.4 Å². The third-order valence-electron chi connectivity index (χ3n) is 2.34. The van der Waals surface area contributed by atoms with Crippen LogP contribution in [0.3, 0.4) is 0 Å². The molecule has 1 aromatic rings. The lowest BCUT2D eigenvalue weighted by Crippen LogP contribution is -2.09. The van der Waals surface area contributed by atoms with Gasteiger partial charge in [-0.15, -0.1) is 11.6 Å². The number of hydrogen-bond acceptors (Lipinski definition) is 4. The van der Waals surface area contributed by atoms with Gasteiger partial charge in [0.1, 0.15) is 6.61 Å². The van der Waals surface area contributed by atoms with Crippen LogP contribution in [0.1, 0.15) is 12.5 Å². The van der Waals surface area contributed by atoms with E-state index in [1.54, 1.807) is 6.07 Å². The Balaban J connectivity index is 2.61. The lowest BCUT2D eigenvalue weighted by Gasteiger charge is -2.08. The SMILES string of the molecule is CCc1ccc(OCCOCCCl)c([N+](=O)[O-])c1. The van der Waals surface area contributed by atoms with Crippen molar-refractivity contribution in [3.8, 4) is 5.75 Å². The van der Waals surface area contributed by atoms with Crippen LogP contribution in [-0.2, 0) is 11.2 Å². The first kappa shape index (κ1) is 14.7. The van der Waals surface area contributed by atoms with Crippen LogP contribution in [0.2, 0.25) is 0 Å². The van der Waals surface area contributed by atoms with E-state index in [9.17, 15) is 10.1 Å². The van der Waals surface area contributed by atoms with Gasteiger partial charge in [-0.1, -0.05) is 13.0 Å². The van der Waals surface area contributed by atoms with Gasteiger partial charge in [-0.2, -0.15) is 0 Å². The third-order valence-corrected chi connectivity index (χ3v) is 2.49. The molecule has 0 aliphatic carbocycles. The number of benzene rings is 1. The van der Waals surface area contributed by atoms with E-state index in [0.29, 0.717) is 19.1 Å². The van der Waals surface area contributed by atoms with Crippen LogP contribution in [0, 0.1) is 10.1 Å². The van der Waals surface area contributed by atoms with E-state index >= 15 is 0 Å². The Bertz CT molecular complexity index is 398. The molecule has 6 heteroatoms. The molecule has 0 N–H and O–H groups in total. The molecule has 0 bridgehead atoms. The molecule has 0 aliphatic rings. The molecule has 0 aliphatic heterocycles. The Kier molecular flexibility index (Phi) is 6.46. The van der Waals surface area contributed by atoms with E-state index in [4.69, 9.17) is 21.1 Å². The average molecular weight is 274 g/mol. The van der Waals surface area contributed by atoms with E-state index in [1.165, 1.54) is 6.07 Å². The number of ether oxygens (including phenoxy) is 2. The second kappa shape index (κ2) is 7.89. The molecule has 0 atom stereocenters. The van der Waals surface area contributed by atoms with Crippen molar-refractivity contribution in [2.24, 2.45) is 0 Å². The van der Waals surface area contributed by atoms with E-state index in [-0.39, 0.29) is 18.0 Å². The second-order valence-corrected chi connectivity index (χ2v) is 3.94. The Morgan fingerprint density at radius 2 is 2.11 bits per heavy atom. The molecule has 0 unspecified atom stereocenters. The first-order valence-corrected chi connectivity index (χ1v) is 6.26. The highest BCUT2D eigenvalue weighted by Crippen LogP contribution is 2.28. The van der Waals surface area contributed by atoms with E-state index in [1.807, 2.05) is 13.0 Å². The minimum absolute atomic E-state index is 0.00769. The molecule has 1 rings (SSSR count). The van der Waals surface area contributed by atoms with Crippen LogP contribution < -0.4 is 4.74 Å². The molecule has 18 heavy (non-hydrogen) atoms. The van der Waals surface area contributed by atoms with Gasteiger partial charge in [-0.3, -0.25) is 10.1 Å². The van der Waals surface area contributed by atoms with Crippen LogP contribution in [0.25, 0.3) is 0 Å². The van der Waals surface area contributed by atoms with Crippen molar-refractivity contribution in [1.82, 2.24) is 0 Å². The highest BCUT2D eigenvalue weighted by atomic mass is 35.5. The number of halogens is 1. The highest BCUT2D eigenvalue weighted by molar-refractivity contribution is 6.17. The second-order valence-electron chi connectivity index (χ2n) is 3.56. The van der Waals surface area contributed by atoms with Crippen LogP contribution in [0.4, 0.5) is 5.69 Å². The molecule has 0 spiro atoms. The zero-order valence-electron chi connectivity index (χ0n) is 10.2. The zero-order valence-corrected chi connectivity index (χ0v) is 11.0. The van der Waals surface area contributed by atoms with Crippen molar-refractivity contribution in [3.63, 3.8) is 0 Å². The summed E-state index contributed by atoms with van der Waals surface area (Å²) in [5, 5.41) is 10.9. The fourth-order valence-corrected chi connectivity index (χ4v) is 1.52. The van der Waals surface area contributed by atoms with Gasteiger partial charge in [0.05, 0.1) is 18.1 Å². The maximum atomic E-state index is 10.9. The number of nitro benzene ring substituents is 1. The molecule has 0 fully saturated rings. The van der Waals surface area contributed by atoms with Crippen molar-refractivity contribution in [2.75, 3.05) is 25.7 Å². The number of nitro groups is 1. The van der Waals surface area contributed by atoms with Crippen LogP contribution in [0.5, 0.6) is 5.75 Å². The smallest absolute Gasteiger partial charge is 0.311 e. The lowest BCUT2D eigenvalue weighted by atomic mass is 10.1. The molecule has 0 amide bonds. The van der Waals surface area contributed by atoms with Gasteiger partial charge in [-0.25, -0.2) is 0 Å². The van der Waals surface area contributed by atoms with E-state index < -0.39 is 4.92 Å². The summed E-state index contributed by atoms with van der Waals surface area (Å²) in [5.74, 6) is 0.692. The topological polar surface area (TPSA) is 61.6 Å². The largest absolute Gasteiger partial charge is 0.484 e. The maximum Gasteiger partial charge on any atom is 0.311 e. The van der Waals surface area contributed by atoms with E-state index in [2.05, 4.69) is 0 Å². The summed E-state index contributed by atoms with van der Waals surface area (Å²) in [4.78, 5) is 10.5. The fraction of sp³-hybridized carbons (Fsp3) is 0.500. The van der Waals surface area contributed by atoms with Crippen molar-refractivity contribution in [2.45, 2.75) is 13.3 Å². The van der Waals surface area contributed by atoms with Crippen LogP contribution >= 0.6 is 11.6 Å². The standard InChI is InChI=1S/C12H16ClNO4/c1-2-10-3-4-12(11(9-10)14(15)16)18-8-7-17-6-5-13/h3-4,9H,2,5-8H2,1H3. The summed E-state index contributed by atoms with van der Waals surface area (Å²) in [6.07, 6.45) is 0.750. The Morgan fingerprint density at radius 1 is 1.33 bits per heavy atom. The molecule has 0 aromatic heterocycles. The Morgan fingerprint density at radius 3 is 2.72 bits per heavy atom. The molecule has 0 radical (unpaired) electrons. The normalized spacial score (nSPS) is 10.3. The zero-order chi connectivity index (χ0) is 13.4. The number of nitrogens with zero attached hydrogens (tertiary/aromatic N) is 1. The first-order valence-electron chi connectivity index (χ1n) is 5.72. The minimum Gasteiger partial charge on any atom is -0.484 e. The number of aryl methyl sites for hydroxylation is 1. The maximum absolute atomic E-state index is 10.9. The summed E-state index contributed by atoms with van der Waals surface area (Å²) in [7, 11) is 0. The molecular weight excluding hydrogens is 258 g/mol. The first-order chi connectivity index (χ1) is 8.69. The fourth-order valence-electron chi connectivity index (χ4n) is 1.41. The molecule has 100 valence electrons. The quantitative estimate of drug-likeness (QED) is 0.316. The van der Waals surface area contributed by atoms with Gasteiger partial charge in [-0.05, 0) is 18.1 Å². The van der Waals surface area contributed by atoms with E-state index in [0.717, 1.165) is 12.0 Å². The number of hydrogen-bond donors (Lipinski definition) is 0. The molecule has 0 saturated heterocycles. The number of rotatable bonds is 8. The molecule has 5 nitrogen and oxygen atoms in total. The van der Waals surface area contributed by atoms with Gasteiger partial charge in [0.25, 0.3) is 0 Å². The lowest BCUT2D eigenvalue weighted by molar-refractivity contribution is -0.385. The van der Waals surface area contributed by atoms with Crippen LogP contribution in [0.15, 0.2) is 18.2 Å². The van der Waals surface area contributed by atoms with Gasteiger partial charge in [0.15, 0.2) is 5.75 Å². The minimum atomic E-state index is -0.436. The predicted octanol–water partition coefficient (Wildman–Crippen LogP) is 2.79. The summed E-state index contributed by atoms with van der Waals surface area (Å²) in [6.45, 7) is 3.02. The van der Waals surface area contributed by atoms with Gasteiger partial charge >= 0.3 is 5.69 Å². The Labute approximate surface area is 111 Å². The third kappa shape index (κ3) is 4.50. The Hall–Kier alpha value is -1.33. The summed E-state index contributed by atoms with van der Waals surface area (Å²) >= 11 is 5.44. The summed E-state index contributed by atoms with van der Waals surface area (Å²) in [5.41, 5.74) is 0.902. The number of alkyl halides is 1. The monoisotopic (exact) mass is 273 g/mol. The highest BCUT2D eigenvalue weighted by Gasteiger charge is 2.15. The molecule has 0 heterocycles. The predicted molar refractivity (Wildman–Crippen MR) is 69.5 cm³/mol. The molecule has 1 aromatic carbocycles. The van der Waals surface area contributed by atoms with Gasteiger partial charge in [0.2, 0.25) is 0 Å². The van der Waals surface area contributed by atoms with Crippen LogP contribution in [-0.4, -0.2) is 30.6 Å². The van der Waals surface area contributed by atoms with Gasteiger partial charge < -0.3 is 9.47 Å². The van der Waals surface area contributed by atoms with Crippen molar-refractivity contribution in [3.05, 3.63) is 33.9 Å². The molecular formula is C12H16ClNO4. The van der Waals surface area contributed by atoms with Crippen molar-refractivity contribution in [1.29, 1.82) is 0 Å². The van der Waals surface area contributed by atoms with Crippen molar-refractivity contribution >= 4 is 17.3 Å². The summed E-state index contributed by atoms with van der Waals surface area (Å²) in [6, 6.07) is 4.98. The summed E-state index contributed by atoms with van der Waals surface area (Å²) < 4.78 is 10.5. The van der Waals surface area contributed by atoms with Gasteiger partial charge in [0, 0.05) is 11.9 Å². The molecule has 0 saturated carbocycles.